The van der Waals surface area contributed by atoms with Gasteiger partial charge in [0.1, 0.15) is 11.3 Å². The summed E-state index contributed by atoms with van der Waals surface area (Å²) < 4.78 is 7.06. The third-order valence-corrected chi connectivity index (χ3v) is 5.30. The monoisotopic (exact) mass is 300 g/mol. The Morgan fingerprint density at radius 1 is 1.50 bits per heavy atom. The van der Waals surface area contributed by atoms with Crippen molar-refractivity contribution in [2.45, 2.75) is 25.3 Å². The van der Waals surface area contributed by atoms with E-state index >= 15 is 0 Å². The normalized spacial score (nSPS) is 23.0. The molecule has 2 aromatic rings. The summed E-state index contributed by atoms with van der Waals surface area (Å²) in [5.41, 5.74) is 7.75. The Morgan fingerprint density at radius 3 is 2.95 bits per heavy atom. The van der Waals surface area contributed by atoms with Gasteiger partial charge in [0.25, 0.3) is 5.91 Å². The van der Waals surface area contributed by atoms with Gasteiger partial charge >= 0.3 is 0 Å². The van der Waals surface area contributed by atoms with Crippen LogP contribution in [0, 0.1) is 5.41 Å². The van der Waals surface area contributed by atoms with E-state index in [-0.39, 0.29) is 17.4 Å². The number of hydrogen-bond donors (Lipinski definition) is 1. The SMILES string of the molecule is COc1cccn2ncc(C(=O)N3CC(N)C4(CCC4)C3)c12. The Balaban J connectivity index is 1.69. The molecule has 1 atom stereocenters. The van der Waals surface area contributed by atoms with E-state index in [0.717, 1.165) is 24.9 Å². The van der Waals surface area contributed by atoms with Crippen LogP contribution in [-0.4, -0.2) is 46.7 Å². The van der Waals surface area contributed by atoms with E-state index in [4.69, 9.17) is 10.5 Å². The molecule has 1 aliphatic carbocycles. The number of amides is 1. The predicted octanol–water partition coefficient (Wildman–Crippen LogP) is 1.30. The van der Waals surface area contributed by atoms with Gasteiger partial charge in [-0.05, 0) is 25.0 Å². The second kappa shape index (κ2) is 4.71. The molecule has 1 aliphatic heterocycles. The molecule has 1 amide bonds. The topological polar surface area (TPSA) is 72.9 Å². The molecule has 6 nitrogen and oxygen atoms in total. The molecule has 22 heavy (non-hydrogen) atoms. The first-order valence-corrected chi connectivity index (χ1v) is 7.70. The summed E-state index contributed by atoms with van der Waals surface area (Å²) in [6.45, 7) is 1.39. The maximum Gasteiger partial charge on any atom is 0.257 e. The minimum Gasteiger partial charge on any atom is -0.494 e. The maximum atomic E-state index is 12.9. The van der Waals surface area contributed by atoms with Crippen LogP contribution in [0.5, 0.6) is 5.75 Å². The van der Waals surface area contributed by atoms with E-state index in [1.54, 1.807) is 17.8 Å². The summed E-state index contributed by atoms with van der Waals surface area (Å²) in [4.78, 5) is 14.8. The van der Waals surface area contributed by atoms with Gasteiger partial charge in [-0.3, -0.25) is 4.79 Å². The molecule has 3 heterocycles. The van der Waals surface area contributed by atoms with E-state index in [2.05, 4.69) is 5.10 Å². The van der Waals surface area contributed by atoms with Gasteiger partial charge in [-0.1, -0.05) is 6.42 Å². The van der Waals surface area contributed by atoms with Gasteiger partial charge in [-0.2, -0.15) is 5.10 Å². The molecule has 116 valence electrons. The highest BCUT2D eigenvalue weighted by molar-refractivity contribution is 6.02. The first-order valence-electron chi connectivity index (χ1n) is 7.70. The van der Waals surface area contributed by atoms with Gasteiger partial charge in [0, 0.05) is 30.7 Å². The lowest BCUT2D eigenvalue weighted by molar-refractivity contribution is 0.0728. The fourth-order valence-electron chi connectivity index (χ4n) is 3.81. The number of aromatic nitrogens is 2. The minimum absolute atomic E-state index is 0.00118. The fraction of sp³-hybridized carbons (Fsp3) is 0.500. The number of ether oxygens (including phenoxy) is 1. The molecule has 2 aliphatic rings. The van der Waals surface area contributed by atoms with Crippen molar-refractivity contribution in [3.63, 3.8) is 0 Å². The van der Waals surface area contributed by atoms with Crippen LogP contribution < -0.4 is 10.5 Å². The summed E-state index contributed by atoms with van der Waals surface area (Å²) >= 11 is 0. The second-order valence-electron chi connectivity index (χ2n) is 6.44. The zero-order valence-electron chi connectivity index (χ0n) is 12.7. The summed E-state index contributed by atoms with van der Waals surface area (Å²) in [5, 5.41) is 4.27. The van der Waals surface area contributed by atoms with E-state index in [9.17, 15) is 4.79 Å². The van der Waals surface area contributed by atoms with Crippen molar-refractivity contribution in [2.75, 3.05) is 20.2 Å². The predicted molar refractivity (Wildman–Crippen MR) is 81.9 cm³/mol. The molecule has 1 saturated heterocycles. The quantitative estimate of drug-likeness (QED) is 0.907. The number of fused-ring (bicyclic) bond motifs is 1. The van der Waals surface area contributed by atoms with Gasteiger partial charge in [-0.15, -0.1) is 0 Å². The van der Waals surface area contributed by atoms with E-state index < -0.39 is 0 Å². The van der Waals surface area contributed by atoms with Crippen molar-refractivity contribution in [3.05, 3.63) is 30.1 Å². The number of carbonyl (C=O) groups is 1. The van der Waals surface area contributed by atoms with Crippen molar-refractivity contribution < 1.29 is 9.53 Å². The first kappa shape index (κ1) is 13.6. The zero-order valence-corrected chi connectivity index (χ0v) is 12.7. The number of carbonyl (C=O) groups excluding carboxylic acids is 1. The number of likely N-dealkylation sites (tertiary alicyclic amines) is 1. The maximum absolute atomic E-state index is 12.9. The molecular weight excluding hydrogens is 280 g/mol. The number of nitrogens with two attached hydrogens (primary N) is 1. The molecule has 2 N–H and O–H groups in total. The zero-order chi connectivity index (χ0) is 15.3. The Morgan fingerprint density at radius 2 is 2.32 bits per heavy atom. The minimum atomic E-state index is -0.00118. The van der Waals surface area contributed by atoms with Crippen LogP contribution in [0.2, 0.25) is 0 Å². The molecule has 1 spiro atoms. The number of nitrogens with zero attached hydrogens (tertiary/aromatic N) is 3. The lowest BCUT2D eigenvalue weighted by Gasteiger charge is -2.41. The van der Waals surface area contributed by atoms with Gasteiger partial charge in [0.2, 0.25) is 0 Å². The van der Waals surface area contributed by atoms with E-state index in [1.807, 2.05) is 23.2 Å². The Bertz CT molecular complexity index is 735. The smallest absolute Gasteiger partial charge is 0.257 e. The Hall–Kier alpha value is -2.08. The van der Waals surface area contributed by atoms with Crippen LogP contribution in [0.3, 0.4) is 0 Å². The van der Waals surface area contributed by atoms with E-state index in [1.165, 1.54) is 6.42 Å². The van der Waals surface area contributed by atoms with Crippen LogP contribution >= 0.6 is 0 Å². The number of rotatable bonds is 2. The van der Waals surface area contributed by atoms with Crippen molar-refractivity contribution in [3.8, 4) is 5.75 Å². The van der Waals surface area contributed by atoms with Crippen molar-refractivity contribution in [2.24, 2.45) is 11.1 Å². The summed E-state index contributed by atoms with van der Waals surface area (Å²) in [5.74, 6) is 0.656. The molecule has 0 aromatic carbocycles. The molecule has 1 saturated carbocycles. The molecule has 2 fully saturated rings. The molecular formula is C16H20N4O2. The van der Waals surface area contributed by atoms with Gasteiger partial charge < -0.3 is 15.4 Å². The van der Waals surface area contributed by atoms with Crippen LogP contribution in [0.25, 0.3) is 5.52 Å². The Labute approximate surface area is 128 Å². The highest BCUT2D eigenvalue weighted by atomic mass is 16.5. The summed E-state index contributed by atoms with van der Waals surface area (Å²) in [6, 6.07) is 3.79. The average Bonchev–Trinajstić information content (AvgIpc) is 3.07. The highest BCUT2D eigenvalue weighted by Gasteiger charge is 2.50. The van der Waals surface area contributed by atoms with Crippen LogP contribution in [0.15, 0.2) is 24.5 Å². The van der Waals surface area contributed by atoms with Crippen LogP contribution in [-0.2, 0) is 0 Å². The summed E-state index contributed by atoms with van der Waals surface area (Å²) in [7, 11) is 1.60. The molecule has 0 radical (unpaired) electrons. The molecule has 4 rings (SSSR count). The van der Waals surface area contributed by atoms with Gasteiger partial charge in [0.05, 0.1) is 18.9 Å². The first-order chi connectivity index (χ1) is 10.6. The van der Waals surface area contributed by atoms with Crippen molar-refractivity contribution in [1.82, 2.24) is 14.5 Å². The van der Waals surface area contributed by atoms with Crippen molar-refractivity contribution in [1.29, 1.82) is 0 Å². The van der Waals surface area contributed by atoms with Crippen LogP contribution in [0.4, 0.5) is 0 Å². The number of pyridine rings is 1. The third-order valence-electron chi connectivity index (χ3n) is 5.30. The van der Waals surface area contributed by atoms with E-state index in [0.29, 0.717) is 17.9 Å². The second-order valence-corrected chi connectivity index (χ2v) is 6.44. The third kappa shape index (κ3) is 1.76. The molecule has 6 heteroatoms. The lowest BCUT2D eigenvalue weighted by atomic mass is 9.66. The standard InChI is InChI=1S/C16H20N4O2/c1-22-12-4-2-7-20-14(12)11(8-18-20)15(21)19-9-13(17)16(10-19)5-3-6-16/h2,4,7-8,13H,3,5-6,9-10,17H2,1H3. The van der Waals surface area contributed by atoms with Crippen molar-refractivity contribution >= 4 is 11.4 Å². The van der Waals surface area contributed by atoms with Crippen LogP contribution in [0.1, 0.15) is 29.6 Å². The Kier molecular flexibility index (Phi) is 2.91. The summed E-state index contributed by atoms with van der Waals surface area (Å²) in [6.07, 6.45) is 6.93. The lowest BCUT2D eigenvalue weighted by Crippen LogP contribution is -2.45. The molecule has 1 unspecified atom stereocenters. The van der Waals surface area contributed by atoms with Gasteiger partial charge in [0.15, 0.2) is 0 Å². The fourth-order valence-corrected chi connectivity index (χ4v) is 3.81. The average molecular weight is 300 g/mol. The number of methoxy groups -OCH3 is 1. The highest BCUT2D eigenvalue weighted by Crippen LogP contribution is 2.47. The largest absolute Gasteiger partial charge is 0.494 e. The molecule has 2 aromatic heterocycles. The molecule has 0 bridgehead atoms. The van der Waals surface area contributed by atoms with Gasteiger partial charge in [-0.25, -0.2) is 4.52 Å². The number of hydrogen-bond acceptors (Lipinski definition) is 4.